The number of likely N-dealkylation sites (tertiary alicyclic amines) is 1. The third-order valence-corrected chi connectivity index (χ3v) is 4.17. The summed E-state index contributed by atoms with van der Waals surface area (Å²) in [5.74, 6) is 0.240. The molecule has 0 aliphatic carbocycles. The number of Topliss-reactive ketones (excluding diaryl/α,β-unsaturated/α-hetero) is 1. The predicted molar refractivity (Wildman–Crippen MR) is 79.5 cm³/mol. The average Bonchev–Trinajstić information content (AvgIpc) is 2.38. The van der Waals surface area contributed by atoms with E-state index in [1.807, 2.05) is 0 Å². The van der Waals surface area contributed by atoms with Crippen LogP contribution in [0.25, 0.3) is 0 Å². The number of rotatable bonds is 4. The normalized spacial score (nSPS) is 17.9. The van der Waals surface area contributed by atoms with Gasteiger partial charge in [0.15, 0.2) is 5.78 Å². The molecule has 0 unspecified atom stereocenters. The molecule has 1 N–H and O–H groups in total. The van der Waals surface area contributed by atoms with Crippen LogP contribution in [0.3, 0.4) is 0 Å². The first kappa shape index (κ1) is 15.0. The van der Waals surface area contributed by atoms with E-state index in [1.165, 1.54) is 0 Å². The Morgan fingerprint density at radius 2 is 1.75 bits per heavy atom. The number of benzene rings is 1. The van der Waals surface area contributed by atoms with E-state index >= 15 is 0 Å². The second-order valence-corrected chi connectivity index (χ2v) is 7.14. The van der Waals surface area contributed by atoms with Gasteiger partial charge in [-0.1, -0.05) is 0 Å². The zero-order valence-corrected chi connectivity index (χ0v) is 12.6. The van der Waals surface area contributed by atoms with Crippen molar-refractivity contribution in [1.82, 2.24) is 4.90 Å². The molecule has 5 nitrogen and oxygen atoms in total. The summed E-state index contributed by atoms with van der Waals surface area (Å²) >= 11 is 0. The van der Waals surface area contributed by atoms with Crippen LogP contribution in [0.1, 0.15) is 23.2 Å². The Morgan fingerprint density at radius 3 is 2.25 bits per heavy atom. The lowest BCUT2D eigenvalue weighted by atomic mass is 9.89. The standard InChI is InChI=1S/C14H20N2O3S/c1-16-9-7-12(8-10-16)14(17)11-3-5-13(6-4-11)15-20(2,18)19/h3-6,12,15H,7-10H2,1-2H3. The van der Waals surface area contributed by atoms with Gasteiger partial charge in [-0.3, -0.25) is 9.52 Å². The van der Waals surface area contributed by atoms with Gasteiger partial charge in [-0.15, -0.1) is 0 Å². The summed E-state index contributed by atoms with van der Waals surface area (Å²) in [5, 5.41) is 0. The van der Waals surface area contributed by atoms with Gasteiger partial charge < -0.3 is 4.90 Å². The minimum atomic E-state index is -3.28. The first-order valence-electron chi connectivity index (χ1n) is 6.66. The Kier molecular flexibility index (Phi) is 4.45. The minimum absolute atomic E-state index is 0.0833. The number of nitrogens with zero attached hydrogens (tertiary/aromatic N) is 1. The van der Waals surface area contributed by atoms with Crippen LogP contribution >= 0.6 is 0 Å². The van der Waals surface area contributed by atoms with Crippen LogP contribution in [0.4, 0.5) is 5.69 Å². The summed E-state index contributed by atoms with van der Waals surface area (Å²) in [4.78, 5) is 14.6. The van der Waals surface area contributed by atoms with Crippen molar-refractivity contribution in [2.75, 3.05) is 31.1 Å². The van der Waals surface area contributed by atoms with Crippen molar-refractivity contribution in [3.63, 3.8) is 0 Å². The Balaban J connectivity index is 2.04. The highest BCUT2D eigenvalue weighted by atomic mass is 32.2. The quantitative estimate of drug-likeness (QED) is 0.857. The fourth-order valence-electron chi connectivity index (χ4n) is 2.42. The molecule has 1 heterocycles. The molecule has 0 atom stereocenters. The topological polar surface area (TPSA) is 66.5 Å². The van der Waals surface area contributed by atoms with Crippen molar-refractivity contribution < 1.29 is 13.2 Å². The minimum Gasteiger partial charge on any atom is -0.306 e. The number of hydrogen-bond donors (Lipinski definition) is 1. The van der Waals surface area contributed by atoms with Crippen molar-refractivity contribution in [3.05, 3.63) is 29.8 Å². The summed E-state index contributed by atoms with van der Waals surface area (Å²) < 4.78 is 24.6. The molecule has 110 valence electrons. The van der Waals surface area contributed by atoms with E-state index in [1.54, 1.807) is 24.3 Å². The molecule has 2 rings (SSSR count). The molecule has 0 bridgehead atoms. The van der Waals surface area contributed by atoms with Crippen LogP contribution in [0.15, 0.2) is 24.3 Å². The number of nitrogens with one attached hydrogen (secondary N) is 1. The number of carbonyl (C=O) groups is 1. The van der Waals surface area contributed by atoms with Gasteiger partial charge in [0, 0.05) is 17.2 Å². The van der Waals surface area contributed by atoms with Gasteiger partial charge in [-0.05, 0) is 57.2 Å². The molecular formula is C14H20N2O3S. The maximum atomic E-state index is 12.3. The number of anilines is 1. The second kappa shape index (κ2) is 5.93. The fourth-order valence-corrected chi connectivity index (χ4v) is 2.99. The largest absolute Gasteiger partial charge is 0.306 e. The molecule has 0 amide bonds. The number of piperidine rings is 1. The lowest BCUT2D eigenvalue weighted by molar-refractivity contribution is 0.0857. The summed E-state index contributed by atoms with van der Waals surface area (Å²) in [7, 11) is -1.22. The molecule has 1 fully saturated rings. The van der Waals surface area contributed by atoms with Crippen LogP contribution in [0.2, 0.25) is 0 Å². The highest BCUT2D eigenvalue weighted by Gasteiger charge is 2.24. The van der Waals surface area contributed by atoms with E-state index in [9.17, 15) is 13.2 Å². The van der Waals surface area contributed by atoms with Gasteiger partial charge in [-0.25, -0.2) is 8.42 Å². The highest BCUT2D eigenvalue weighted by molar-refractivity contribution is 7.92. The van der Waals surface area contributed by atoms with E-state index in [4.69, 9.17) is 0 Å². The van der Waals surface area contributed by atoms with E-state index in [-0.39, 0.29) is 11.7 Å². The Labute approximate surface area is 120 Å². The lowest BCUT2D eigenvalue weighted by Gasteiger charge is -2.28. The first-order chi connectivity index (χ1) is 9.35. The van der Waals surface area contributed by atoms with Crippen molar-refractivity contribution >= 4 is 21.5 Å². The monoisotopic (exact) mass is 296 g/mol. The maximum Gasteiger partial charge on any atom is 0.229 e. The van der Waals surface area contributed by atoms with Crippen molar-refractivity contribution in [2.45, 2.75) is 12.8 Å². The maximum absolute atomic E-state index is 12.3. The SMILES string of the molecule is CN1CCC(C(=O)c2ccc(NS(C)(=O)=O)cc2)CC1. The molecule has 20 heavy (non-hydrogen) atoms. The third kappa shape index (κ3) is 4.05. The van der Waals surface area contributed by atoms with Gasteiger partial charge in [0.25, 0.3) is 0 Å². The number of carbonyl (C=O) groups excluding carboxylic acids is 1. The molecule has 0 radical (unpaired) electrons. The third-order valence-electron chi connectivity index (χ3n) is 3.56. The van der Waals surface area contributed by atoms with Crippen LogP contribution in [-0.4, -0.2) is 45.5 Å². The van der Waals surface area contributed by atoms with Gasteiger partial charge in [0.2, 0.25) is 10.0 Å². The summed E-state index contributed by atoms with van der Waals surface area (Å²) in [6, 6.07) is 6.63. The molecule has 1 saturated heterocycles. The Hall–Kier alpha value is -1.40. The summed E-state index contributed by atoms with van der Waals surface area (Å²) in [6.45, 7) is 1.90. The van der Waals surface area contributed by atoms with Crippen molar-refractivity contribution in [1.29, 1.82) is 0 Å². The molecule has 1 aliphatic heterocycles. The Morgan fingerprint density at radius 1 is 1.20 bits per heavy atom. The molecule has 0 spiro atoms. The number of ketones is 1. The van der Waals surface area contributed by atoms with Gasteiger partial charge in [0.05, 0.1) is 6.26 Å². The predicted octanol–water partition coefficient (Wildman–Crippen LogP) is 1.58. The summed E-state index contributed by atoms with van der Waals surface area (Å²) in [6.07, 6.45) is 2.88. The molecule has 0 saturated carbocycles. The highest BCUT2D eigenvalue weighted by Crippen LogP contribution is 2.22. The van der Waals surface area contributed by atoms with Gasteiger partial charge in [-0.2, -0.15) is 0 Å². The van der Waals surface area contributed by atoms with Crippen LogP contribution in [0.5, 0.6) is 0 Å². The Bertz CT molecular complexity index is 573. The van der Waals surface area contributed by atoms with Gasteiger partial charge >= 0.3 is 0 Å². The van der Waals surface area contributed by atoms with Crippen LogP contribution in [-0.2, 0) is 10.0 Å². The zero-order valence-electron chi connectivity index (χ0n) is 11.8. The lowest BCUT2D eigenvalue weighted by Crippen LogP contribution is -2.33. The molecule has 0 aromatic heterocycles. The van der Waals surface area contributed by atoms with Crippen molar-refractivity contribution in [3.8, 4) is 0 Å². The smallest absolute Gasteiger partial charge is 0.229 e. The zero-order chi connectivity index (χ0) is 14.8. The van der Waals surface area contributed by atoms with E-state index < -0.39 is 10.0 Å². The second-order valence-electron chi connectivity index (χ2n) is 5.39. The van der Waals surface area contributed by atoms with Gasteiger partial charge in [0.1, 0.15) is 0 Å². The molecule has 1 aromatic carbocycles. The van der Waals surface area contributed by atoms with E-state index in [0.29, 0.717) is 11.3 Å². The van der Waals surface area contributed by atoms with E-state index in [0.717, 1.165) is 32.2 Å². The first-order valence-corrected chi connectivity index (χ1v) is 8.55. The number of sulfonamides is 1. The summed E-state index contributed by atoms with van der Waals surface area (Å²) in [5.41, 5.74) is 1.13. The average molecular weight is 296 g/mol. The van der Waals surface area contributed by atoms with Crippen molar-refractivity contribution in [2.24, 2.45) is 5.92 Å². The fraction of sp³-hybridized carbons (Fsp3) is 0.500. The molecule has 1 aliphatic rings. The van der Waals surface area contributed by atoms with E-state index in [2.05, 4.69) is 16.7 Å². The molecule has 1 aromatic rings. The molecule has 6 heteroatoms. The van der Waals surface area contributed by atoms with Crippen LogP contribution < -0.4 is 4.72 Å². The van der Waals surface area contributed by atoms with Crippen LogP contribution in [0, 0.1) is 5.92 Å². The molecular weight excluding hydrogens is 276 g/mol. The number of hydrogen-bond acceptors (Lipinski definition) is 4.